The average Bonchev–Trinajstić information content (AvgIpc) is 2.56. The van der Waals surface area contributed by atoms with Gasteiger partial charge in [0.05, 0.1) is 0 Å². The lowest BCUT2D eigenvalue weighted by molar-refractivity contribution is 0.287. The maximum atomic E-state index is 13.6. The van der Waals surface area contributed by atoms with Crippen LogP contribution in [-0.4, -0.2) is 9.97 Å². The van der Waals surface area contributed by atoms with E-state index >= 15 is 0 Å². The molecule has 0 fully saturated rings. The fourth-order valence-corrected chi connectivity index (χ4v) is 2.15. The second kappa shape index (κ2) is 6.70. The Morgan fingerprint density at radius 3 is 2.33 bits per heavy atom. The van der Waals surface area contributed by atoms with Gasteiger partial charge in [0.15, 0.2) is 5.82 Å². The smallest absolute Gasteiger partial charge is 0.217 e. The minimum absolute atomic E-state index is 0.0922. The normalized spacial score (nSPS) is 10.7. The molecule has 6 heteroatoms. The third kappa shape index (κ3) is 3.71. The van der Waals surface area contributed by atoms with E-state index in [9.17, 15) is 13.2 Å². The van der Waals surface area contributed by atoms with Crippen LogP contribution in [0.15, 0.2) is 48.5 Å². The second-order valence-corrected chi connectivity index (χ2v) is 5.20. The van der Waals surface area contributed by atoms with E-state index in [-0.39, 0.29) is 23.9 Å². The molecule has 24 heavy (non-hydrogen) atoms. The van der Waals surface area contributed by atoms with Gasteiger partial charge in [0, 0.05) is 22.9 Å². The highest BCUT2D eigenvalue weighted by Crippen LogP contribution is 2.20. The first kappa shape index (κ1) is 16.0. The van der Waals surface area contributed by atoms with Gasteiger partial charge in [-0.15, -0.1) is 0 Å². The van der Waals surface area contributed by atoms with Gasteiger partial charge in [0.1, 0.15) is 24.1 Å². The maximum absolute atomic E-state index is 13.6. The molecule has 3 nitrogen and oxygen atoms in total. The van der Waals surface area contributed by atoms with Crippen molar-refractivity contribution in [1.29, 1.82) is 0 Å². The molecule has 122 valence electrons. The van der Waals surface area contributed by atoms with Gasteiger partial charge in [0.2, 0.25) is 5.88 Å². The van der Waals surface area contributed by atoms with Gasteiger partial charge in [-0.3, -0.25) is 0 Å². The topological polar surface area (TPSA) is 35.0 Å². The van der Waals surface area contributed by atoms with E-state index in [1.54, 1.807) is 25.1 Å². The van der Waals surface area contributed by atoms with Crippen LogP contribution >= 0.6 is 0 Å². The summed E-state index contributed by atoms with van der Waals surface area (Å²) in [6, 6.07) is 10.5. The molecule has 0 bridgehead atoms. The van der Waals surface area contributed by atoms with Gasteiger partial charge in [-0.1, -0.05) is 0 Å². The quantitative estimate of drug-likeness (QED) is 0.709. The number of rotatable bonds is 4. The van der Waals surface area contributed by atoms with Crippen LogP contribution in [0.2, 0.25) is 0 Å². The summed E-state index contributed by atoms with van der Waals surface area (Å²) >= 11 is 0. The minimum Gasteiger partial charge on any atom is -0.473 e. The maximum Gasteiger partial charge on any atom is 0.217 e. The van der Waals surface area contributed by atoms with Gasteiger partial charge in [0.25, 0.3) is 0 Å². The number of aromatic nitrogens is 2. The summed E-state index contributed by atoms with van der Waals surface area (Å²) in [5.74, 6) is -0.860. The predicted octanol–water partition coefficient (Wildman–Crippen LogP) is 4.45. The van der Waals surface area contributed by atoms with Gasteiger partial charge in [-0.05, 0) is 49.4 Å². The Morgan fingerprint density at radius 1 is 0.875 bits per heavy atom. The zero-order valence-corrected chi connectivity index (χ0v) is 12.8. The first-order valence-corrected chi connectivity index (χ1v) is 7.19. The first-order chi connectivity index (χ1) is 11.5. The van der Waals surface area contributed by atoms with E-state index in [1.165, 1.54) is 12.1 Å². The number of aryl methyl sites for hydroxylation is 1. The molecule has 0 saturated heterocycles. The third-order valence-electron chi connectivity index (χ3n) is 3.32. The Labute approximate surface area is 136 Å². The highest BCUT2D eigenvalue weighted by atomic mass is 19.1. The molecule has 1 aromatic heterocycles. The number of hydrogen-bond donors (Lipinski definition) is 0. The van der Waals surface area contributed by atoms with Crippen molar-refractivity contribution in [2.24, 2.45) is 0 Å². The van der Waals surface area contributed by atoms with Crippen molar-refractivity contribution in [2.75, 3.05) is 0 Å². The third-order valence-corrected chi connectivity index (χ3v) is 3.32. The fourth-order valence-electron chi connectivity index (χ4n) is 2.15. The van der Waals surface area contributed by atoms with Crippen molar-refractivity contribution in [3.05, 3.63) is 77.2 Å². The number of ether oxygens (including phenoxy) is 1. The summed E-state index contributed by atoms with van der Waals surface area (Å²) in [7, 11) is 0. The summed E-state index contributed by atoms with van der Waals surface area (Å²) in [6.45, 7) is 1.59. The van der Waals surface area contributed by atoms with Crippen LogP contribution in [0.3, 0.4) is 0 Å². The van der Waals surface area contributed by atoms with E-state index in [1.807, 2.05) is 0 Å². The highest BCUT2D eigenvalue weighted by Gasteiger charge is 2.09. The number of hydrogen-bond acceptors (Lipinski definition) is 3. The number of benzene rings is 2. The summed E-state index contributed by atoms with van der Waals surface area (Å²) in [5.41, 5.74) is 1.36. The molecule has 0 radical (unpaired) electrons. The SMILES string of the molecule is Cc1cc(OCc2cc(F)ccc2F)nc(-c2ccc(F)cc2)n1. The average molecular weight is 330 g/mol. The Morgan fingerprint density at radius 2 is 1.58 bits per heavy atom. The zero-order valence-electron chi connectivity index (χ0n) is 12.8. The van der Waals surface area contributed by atoms with Crippen LogP contribution in [0.5, 0.6) is 5.88 Å². The van der Waals surface area contributed by atoms with Crippen molar-refractivity contribution in [2.45, 2.75) is 13.5 Å². The summed E-state index contributed by atoms with van der Waals surface area (Å²) in [5, 5.41) is 0. The van der Waals surface area contributed by atoms with Crippen molar-refractivity contribution < 1.29 is 17.9 Å². The summed E-state index contributed by atoms with van der Waals surface area (Å²) < 4.78 is 45.3. The minimum atomic E-state index is -0.555. The molecule has 0 unspecified atom stereocenters. The lowest BCUT2D eigenvalue weighted by Gasteiger charge is -2.09. The molecule has 3 aromatic rings. The van der Waals surface area contributed by atoms with Gasteiger partial charge >= 0.3 is 0 Å². The van der Waals surface area contributed by atoms with E-state index in [2.05, 4.69) is 9.97 Å². The van der Waals surface area contributed by atoms with Crippen LogP contribution < -0.4 is 4.74 Å². The van der Waals surface area contributed by atoms with Gasteiger partial charge < -0.3 is 4.74 Å². The van der Waals surface area contributed by atoms with Crippen LogP contribution in [0.4, 0.5) is 13.2 Å². The molecular weight excluding hydrogens is 317 g/mol. The van der Waals surface area contributed by atoms with Crippen molar-refractivity contribution in [3.63, 3.8) is 0 Å². The lowest BCUT2D eigenvalue weighted by atomic mass is 10.2. The molecule has 3 rings (SSSR count). The van der Waals surface area contributed by atoms with E-state index in [4.69, 9.17) is 4.74 Å². The van der Waals surface area contributed by atoms with Gasteiger partial charge in [-0.25, -0.2) is 18.2 Å². The largest absolute Gasteiger partial charge is 0.473 e. The van der Waals surface area contributed by atoms with Crippen LogP contribution in [-0.2, 0) is 6.61 Å². The van der Waals surface area contributed by atoms with Crippen LogP contribution in [0, 0.1) is 24.4 Å². The number of halogens is 3. The zero-order chi connectivity index (χ0) is 17.1. The lowest BCUT2D eigenvalue weighted by Crippen LogP contribution is -2.03. The van der Waals surface area contributed by atoms with Crippen molar-refractivity contribution >= 4 is 0 Å². The highest BCUT2D eigenvalue weighted by molar-refractivity contribution is 5.55. The Hall–Kier alpha value is -2.89. The van der Waals surface area contributed by atoms with E-state index < -0.39 is 11.6 Å². The molecule has 0 amide bonds. The number of nitrogens with zero attached hydrogens (tertiary/aromatic N) is 2. The molecule has 0 N–H and O–H groups in total. The first-order valence-electron chi connectivity index (χ1n) is 7.19. The molecular formula is C18H13F3N2O. The molecule has 0 spiro atoms. The Kier molecular flexibility index (Phi) is 4.46. The molecule has 1 heterocycles. The standard InChI is InChI=1S/C18H13F3N2O/c1-11-8-17(24-10-13-9-15(20)6-7-16(13)21)23-18(22-11)12-2-4-14(19)5-3-12/h2-9H,10H2,1H3. The molecule has 0 atom stereocenters. The molecule has 0 aliphatic carbocycles. The van der Waals surface area contributed by atoms with Crippen molar-refractivity contribution in [1.82, 2.24) is 9.97 Å². The fraction of sp³-hybridized carbons (Fsp3) is 0.111. The Balaban J connectivity index is 1.83. The van der Waals surface area contributed by atoms with E-state index in [0.717, 1.165) is 18.2 Å². The summed E-state index contributed by atoms with van der Waals surface area (Å²) in [4.78, 5) is 8.50. The van der Waals surface area contributed by atoms with Crippen LogP contribution in [0.1, 0.15) is 11.3 Å². The Bertz CT molecular complexity index is 867. The molecule has 2 aromatic carbocycles. The van der Waals surface area contributed by atoms with Gasteiger partial charge in [-0.2, -0.15) is 4.98 Å². The predicted molar refractivity (Wildman–Crippen MR) is 82.9 cm³/mol. The summed E-state index contributed by atoms with van der Waals surface area (Å²) in [6.07, 6.45) is 0. The van der Waals surface area contributed by atoms with Crippen molar-refractivity contribution in [3.8, 4) is 17.3 Å². The van der Waals surface area contributed by atoms with E-state index in [0.29, 0.717) is 17.1 Å². The second-order valence-electron chi connectivity index (χ2n) is 5.20. The van der Waals surface area contributed by atoms with Crippen LogP contribution in [0.25, 0.3) is 11.4 Å². The monoisotopic (exact) mass is 330 g/mol. The molecule has 0 saturated carbocycles. The molecule has 0 aliphatic rings. The molecule has 0 aliphatic heterocycles.